The molecule has 0 heterocycles. The Kier molecular flexibility index (Phi) is 6.40. The molecule has 1 aliphatic rings. The predicted molar refractivity (Wildman–Crippen MR) is 129 cm³/mol. The van der Waals surface area contributed by atoms with E-state index in [-0.39, 0.29) is 22.5 Å². The third kappa shape index (κ3) is 4.52. The van der Waals surface area contributed by atoms with Gasteiger partial charge in [0.2, 0.25) is 5.78 Å². The molecule has 34 heavy (non-hydrogen) atoms. The molecule has 8 heteroatoms. The number of Topliss-reactive ketones (excluding diaryl/α,β-unsaturated/α-hetero) is 1. The maximum atomic E-state index is 13.1. The molecule has 0 radical (unpaired) electrons. The van der Waals surface area contributed by atoms with Crippen LogP contribution in [0, 0.1) is 0 Å². The highest BCUT2D eigenvalue weighted by atomic mass is 16.5. The number of carbonyl (C=O) groups is 2. The third-order valence-corrected chi connectivity index (χ3v) is 5.16. The molecule has 1 aliphatic carbocycles. The lowest BCUT2D eigenvalue weighted by Gasteiger charge is -2.21. The Morgan fingerprint density at radius 2 is 1.29 bits per heavy atom. The number of hydrogen-bond acceptors (Lipinski definition) is 8. The maximum Gasteiger partial charge on any atom is 0.213 e. The predicted octanol–water partition coefficient (Wildman–Crippen LogP) is 5.01. The van der Waals surface area contributed by atoms with Gasteiger partial charge in [-0.25, -0.2) is 0 Å². The van der Waals surface area contributed by atoms with E-state index in [1.165, 1.54) is 6.07 Å². The number of benzene rings is 3. The Labute approximate surface area is 196 Å². The van der Waals surface area contributed by atoms with Crippen molar-refractivity contribution in [1.29, 1.82) is 0 Å². The summed E-state index contributed by atoms with van der Waals surface area (Å²) in [5.74, 6) is -0.692. The van der Waals surface area contributed by atoms with E-state index in [0.29, 0.717) is 36.1 Å². The molecule has 0 unspecified atom stereocenters. The summed E-state index contributed by atoms with van der Waals surface area (Å²) in [6.45, 7) is 4.82. The van der Waals surface area contributed by atoms with Crippen molar-refractivity contribution < 1.29 is 29.3 Å². The van der Waals surface area contributed by atoms with Gasteiger partial charge >= 0.3 is 0 Å². The van der Waals surface area contributed by atoms with Crippen LogP contribution in [-0.2, 0) is 0 Å². The molecule has 0 saturated heterocycles. The fourth-order valence-corrected chi connectivity index (χ4v) is 3.63. The van der Waals surface area contributed by atoms with Crippen molar-refractivity contribution in [3.63, 3.8) is 0 Å². The summed E-state index contributed by atoms with van der Waals surface area (Å²) >= 11 is 0. The Morgan fingerprint density at radius 3 is 1.82 bits per heavy atom. The van der Waals surface area contributed by atoms with Crippen molar-refractivity contribution in [2.24, 2.45) is 0 Å². The highest BCUT2D eigenvalue weighted by Gasteiger charge is 2.33. The fraction of sp³-hybridized carbons (Fsp3) is 0.154. The van der Waals surface area contributed by atoms with Crippen LogP contribution in [0.4, 0.5) is 17.1 Å². The van der Waals surface area contributed by atoms with Crippen LogP contribution in [0.15, 0.2) is 66.4 Å². The number of rotatable bonds is 8. The van der Waals surface area contributed by atoms with Gasteiger partial charge in [0.25, 0.3) is 0 Å². The Hall–Kier alpha value is -4.46. The molecule has 0 aliphatic heterocycles. The zero-order valence-corrected chi connectivity index (χ0v) is 18.7. The normalized spacial score (nSPS) is 12.6. The molecular weight excluding hydrogens is 436 g/mol. The second-order valence-electron chi connectivity index (χ2n) is 7.46. The number of allylic oxidation sites excluding steroid dienone is 2. The molecule has 3 aromatic rings. The van der Waals surface area contributed by atoms with E-state index in [0.717, 1.165) is 6.08 Å². The number of hydrogen-bond donors (Lipinski definition) is 4. The SMILES string of the molecule is CCOc1ccc(NC2=CC(=O)c3c(O)c(Nc4ccc(OCC)cc4)cc(O)c3C2=O)cc1. The number of phenols is 2. The van der Waals surface area contributed by atoms with Crippen LogP contribution in [-0.4, -0.2) is 35.0 Å². The lowest BCUT2D eigenvalue weighted by atomic mass is 9.90. The first kappa shape index (κ1) is 22.7. The first-order chi connectivity index (χ1) is 16.4. The van der Waals surface area contributed by atoms with E-state index in [4.69, 9.17) is 9.47 Å². The zero-order chi connectivity index (χ0) is 24.2. The van der Waals surface area contributed by atoms with Gasteiger partial charge in [-0.1, -0.05) is 0 Å². The molecule has 0 aromatic heterocycles. The van der Waals surface area contributed by atoms with E-state index in [2.05, 4.69) is 10.6 Å². The number of ketones is 2. The number of phenolic OH excluding ortho intramolecular Hbond substituents is 2. The second-order valence-corrected chi connectivity index (χ2v) is 7.46. The number of ether oxygens (including phenoxy) is 2. The molecule has 8 nitrogen and oxygen atoms in total. The van der Waals surface area contributed by atoms with Gasteiger partial charge in [0.1, 0.15) is 17.2 Å². The van der Waals surface area contributed by atoms with Crippen molar-refractivity contribution in [1.82, 2.24) is 0 Å². The standard InChI is InChI=1S/C26H24N2O6/c1-3-33-17-9-5-15(6-10-17)27-19-13-21(29)24-23(25(19)31)22(30)14-20(26(24)32)28-16-7-11-18(12-8-16)34-4-2/h5-14,27-29,31H,3-4H2,1-2H3. The monoisotopic (exact) mass is 460 g/mol. The van der Waals surface area contributed by atoms with Crippen molar-refractivity contribution in [3.8, 4) is 23.0 Å². The molecular formula is C26H24N2O6. The van der Waals surface area contributed by atoms with Crippen LogP contribution in [0.25, 0.3) is 0 Å². The first-order valence-corrected chi connectivity index (χ1v) is 10.8. The lowest BCUT2D eigenvalue weighted by Crippen LogP contribution is -2.22. The number of aromatic hydroxyl groups is 2. The molecule has 0 fully saturated rings. The average Bonchev–Trinajstić information content (AvgIpc) is 2.82. The van der Waals surface area contributed by atoms with E-state index >= 15 is 0 Å². The first-order valence-electron chi connectivity index (χ1n) is 10.8. The van der Waals surface area contributed by atoms with E-state index in [1.807, 2.05) is 13.8 Å². The molecule has 174 valence electrons. The largest absolute Gasteiger partial charge is 0.507 e. The van der Waals surface area contributed by atoms with Crippen LogP contribution in [0.3, 0.4) is 0 Å². The van der Waals surface area contributed by atoms with Crippen molar-refractivity contribution >= 4 is 28.6 Å². The zero-order valence-electron chi connectivity index (χ0n) is 18.7. The molecule has 4 N–H and O–H groups in total. The minimum atomic E-state index is -0.607. The van der Waals surface area contributed by atoms with Crippen LogP contribution in [0.5, 0.6) is 23.0 Å². The molecule has 0 atom stereocenters. The Balaban J connectivity index is 1.60. The summed E-state index contributed by atoms with van der Waals surface area (Å²) in [6, 6.07) is 15.1. The van der Waals surface area contributed by atoms with Crippen molar-refractivity contribution in [3.05, 3.63) is 77.5 Å². The van der Waals surface area contributed by atoms with Gasteiger partial charge in [0.15, 0.2) is 11.5 Å². The van der Waals surface area contributed by atoms with Gasteiger partial charge < -0.3 is 30.3 Å². The minimum Gasteiger partial charge on any atom is -0.507 e. The van der Waals surface area contributed by atoms with Gasteiger partial charge in [-0.05, 0) is 62.4 Å². The summed E-state index contributed by atoms with van der Waals surface area (Å²) in [7, 11) is 0. The quantitative estimate of drug-likeness (QED) is 0.274. The summed E-state index contributed by atoms with van der Waals surface area (Å²) in [5, 5.41) is 27.2. The van der Waals surface area contributed by atoms with Crippen molar-refractivity contribution in [2.75, 3.05) is 23.8 Å². The smallest absolute Gasteiger partial charge is 0.213 e. The molecule has 3 aromatic carbocycles. The summed E-state index contributed by atoms with van der Waals surface area (Å²) < 4.78 is 10.8. The molecule has 0 saturated carbocycles. The Bertz CT molecular complexity index is 1260. The maximum absolute atomic E-state index is 13.1. The number of carbonyl (C=O) groups excluding carboxylic acids is 2. The highest BCUT2D eigenvalue weighted by Crippen LogP contribution is 2.41. The van der Waals surface area contributed by atoms with Gasteiger partial charge in [-0.2, -0.15) is 0 Å². The van der Waals surface area contributed by atoms with Crippen LogP contribution in [0.1, 0.15) is 34.6 Å². The third-order valence-electron chi connectivity index (χ3n) is 5.16. The fourth-order valence-electron chi connectivity index (χ4n) is 3.63. The molecule has 4 rings (SSSR count). The van der Waals surface area contributed by atoms with Crippen LogP contribution in [0.2, 0.25) is 0 Å². The summed E-state index contributed by atoms with van der Waals surface area (Å²) in [6.07, 6.45) is 1.11. The molecule has 0 amide bonds. The van der Waals surface area contributed by atoms with Gasteiger partial charge in [-0.15, -0.1) is 0 Å². The molecule has 0 bridgehead atoms. The van der Waals surface area contributed by atoms with Gasteiger partial charge in [0, 0.05) is 23.5 Å². The lowest BCUT2D eigenvalue weighted by molar-refractivity contribution is 0.0980. The van der Waals surface area contributed by atoms with Gasteiger partial charge in [0.05, 0.1) is 35.7 Å². The minimum absolute atomic E-state index is 0.0106. The summed E-state index contributed by atoms with van der Waals surface area (Å²) in [4.78, 5) is 25.9. The average molecular weight is 460 g/mol. The van der Waals surface area contributed by atoms with E-state index in [1.54, 1.807) is 48.5 Å². The van der Waals surface area contributed by atoms with Crippen LogP contribution < -0.4 is 20.1 Å². The number of fused-ring (bicyclic) bond motifs is 1. The van der Waals surface area contributed by atoms with Gasteiger partial charge in [-0.3, -0.25) is 9.59 Å². The highest BCUT2D eigenvalue weighted by molar-refractivity contribution is 6.28. The van der Waals surface area contributed by atoms with Crippen molar-refractivity contribution in [2.45, 2.75) is 13.8 Å². The van der Waals surface area contributed by atoms with E-state index < -0.39 is 23.1 Å². The molecule has 0 spiro atoms. The van der Waals surface area contributed by atoms with Crippen LogP contribution >= 0.6 is 0 Å². The number of nitrogens with one attached hydrogen (secondary N) is 2. The summed E-state index contributed by atoms with van der Waals surface area (Å²) in [5.41, 5.74) is 0.741. The topological polar surface area (TPSA) is 117 Å². The van der Waals surface area contributed by atoms with E-state index in [9.17, 15) is 19.8 Å². The second kappa shape index (κ2) is 9.58. The number of anilines is 3. The Morgan fingerprint density at radius 1 is 0.765 bits per heavy atom.